The van der Waals surface area contributed by atoms with E-state index in [2.05, 4.69) is 22.1 Å². The number of carbonyl (C=O) groups is 2. The highest BCUT2D eigenvalue weighted by atomic mass is 19.3. The van der Waals surface area contributed by atoms with Gasteiger partial charge in [0.1, 0.15) is 18.2 Å². The van der Waals surface area contributed by atoms with E-state index in [9.17, 15) is 35.9 Å². The first-order chi connectivity index (χ1) is 24.6. The minimum Gasteiger partial charge on any atom is -0.346 e. The largest absolute Gasteiger partial charge is 0.346 e. The van der Waals surface area contributed by atoms with Crippen LogP contribution in [-0.2, 0) is 36.1 Å². The summed E-state index contributed by atoms with van der Waals surface area (Å²) in [5, 5.41) is 2.62. The molecule has 0 saturated heterocycles. The Morgan fingerprint density at radius 2 is 1.71 bits per heavy atom. The molecule has 52 heavy (non-hydrogen) atoms. The van der Waals surface area contributed by atoms with Crippen molar-refractivity contribution in [1.82, 2.24) is 19.8 Å². The van der Waals surface area contributed by atoms with E-state index in [0.29, 0.717) is 45.6 Å². The molecule has 1 saturated carbocycles. The summed E-state index contributed by atoms with van der Waals surface area (Å²) in [4.78, 5) is 32.7. The molecule has 14 heteroatoms. The van der Waals surface area contributed by atoms with Crippen LogP contribution in [0, 0.1) is 29.4 Å². The molecule has 1 atom stereocenters. The van der Waals surface area contributed by atoms with Crippen LogP contribution in [0.4, 0.5) is 35.1 Å². The molecule has 0 radical (unpaired) electrons. The van der Waals surface area contributed by atoms with Crippen molar-refractivity contribution in [3.8, 4) is 23.0 Å². The van der Waals surface area contributed by atoms with Gasteiger partial charge >= 0.3 is 0 Å². The van der Waals surface area contributed by atoms with Crippen LogP contribution in [0.5, 0.6) is 0 Å². The predicted molar refractivity (Wildman–Crippen MR) is 172 cm³/mol. The lowest BCUT2D eigenvalue weighted by Crippen LogP contribution is -2.36. The number of halogens is 8. The lowest BCUT2D eigenvalue weighted by atomic mass is 9.88. The highest BCUT2D eigenvalue weighted by Gasteiger charge is 2.54. The first kappa shape index (κ1) is 35.2. The molecule has 2 aromatic heterocycles. The SMILES string of the molecule is CN1Cc2ccc(-c3cc(C#CC4CC4)cnc3[C@H](Cc3cc(F)cc(F)c3)NC(=O)Cn3cc(C(F)F)c4c3C(F)(F)CCC4(F)F)cc2C1=O. The number of nitrogens with one attached hydrogen (secondary N) is 1. The monoisotopic (exact) mass is 726 g/mol. The maximum atomic E-state index is 15.1. The van der Waals surface area contributed by atoms with E-state index in [1.807, 2.05) is 0 Å². The van der Waals surface area contributed by atoms with Crippen molar-refractivity contribution in [2.24, 2.45) is 5.92 Å². The Morgan fingerprint density at radius 1 is 1.00 bits per heavy atom. The number of aromatic nitrogens is 2. The average Bonchev–Trinajstić information content (AvgIpc) is 3.75. The Labute approximate surface area is 292 Å². The topological polar surface area (TPSA) is 67.2 Å². The van der Waals surface area contributed by atoms with Crippen molar-refractivity contribution >= 4 is 11.8 Å². The molecule has 270 valence electrons. The molecule has 0 spiro atoms. The molecule has 1 fully saturated rings. The van der Waals surface area contributed by atoms with Crippen LogP contribution < -0.4 is 5.32 Å². The number of amides is 2. The number of nitrogens with zero attached hydrogens (tertiary/aromatic N) is 3. The number of fused-ring (bicyclic) bond motifs is 2. The standard InChI is InChI=1S/C38H30F8N4O2/c1-49-17-24-7-6-23(14-28(24)36(49)52)27-12-21(5-4-20-2-3-20)16-47-33(27)30(13-22-10-25(39)15-26(40)11-22)48-31(51)19-50-18-29(35(41)42)32-34(50)38(45,46)9-8-37(32,43)44/h6-7,10-12,14-16,18,20,30,35H,2-3,8-9,13,17,19H2,1H3,(H,48,51)/t30-/m0/s1. The number of rotatable bonds is 8. The number of alkyl halides is 6. The fourth-order valence-electron chi connectivity index (χ4n) is 6.86. The molecular weight excluding hydrogens is 696 g/mol. The highest BCUT2D eigenvalue weighted by molar-refractivity contribution is 5.99. The smallest absolute Gasteiger partial charge is 0.288 e. The van der Waals surface area contributed by atoms with Crippen molar-refractivity contribution in [3.05, 3.63) is 111 Å². The zero-order chi connectivity index (χ0) is 37.1. The van der Waals surface area contributed by atoms with E-state index in [0.717, 1.165) is 30.5 Å². The fraction of sp³-hybridized carbons (Fsp3) is 0.342. The van der Waals surface area contributed by atoms with Crippen LogP contribution in [0.15, 0.2) is 54.9 Å². The Kier molecular flexibility index (Phi) is 8.87. The number of pyridine rings is 1. The van der Waals surface area contributed by atoms with Gasteiger partial charge in [0, 0.05) is 73.1 Å². The van der Waals surface area contributed by atoms with Gasteiger partial charge in [-0.15, -0.1) is 0 Å². The van der Waals surface area contributed by atoms with Crippen molar-refractivity contribution in [2.75, 3.05) is 7.05 Å². The molecule has 2 amide bonds. The Bertz CT molecular complexity index is 2150. The fourth-order valence-corrected chi connectivity index (χ4v) is 6.86. The van der Waals surface area contributed by atoms with E-state index in [4.69, 9.17) is 0 Å². The minimum absolute atomic E-state index is 0.0726. The van der Waals surface area contributed by atoms with Crippen molar-refractivity contribution in [2.45, 2.75) is 69.5 Å². The summed E-state index contributed by atoms with van der Waals surface area (Å²) < 4.78 is 117. The summed E-state index contributed by atoms with van der Waals surface area (Å²) in [6.07, 6.45) is -2.71. The predicted octanol–water partition coefficient (Wildman–Crippen LogP) is 8.19. The second kappa shape index (κ2) is 13.1. The van der Waals surface area contributed by atoms with Crippen LogP contribution in [-0.4, -0.2) is 33.3 Å². The third-order valence-electron chi connectivity index (χ3n) is 9.47. The van der Waals surface area contributed by atoms with Gasteiger partial charge in [-0.25, -0.2) is 26.3 Å². The Morgan fingerprint density at radius 3 is 2.40 bits per heavy atom. The first-order valence-electron chi connectivity index (χ1n) is 16.5. The lowest BCUT2D eigenvalue weighted by Gasteiger charge is -2.31. The van der Waals surface area contributed by atoms with Crippen LogP contribution in [0.2, 0.25) is 0 Å². The molecule has 6 nitrogen and oxygen atoms in total. The van der Waals surface area contributed by atoms with Gasteiger partial charge in [-0.1, -0.05) is 24.0 Å². The first-order valence-corrected chi connectivity index (χ1v) is 16.5. The maximum Gasteiger partial charge on any atom is 0.288 e. The van der Waals surface area contributed by atoms with Gasteiger partial charge in [0.2, 0.25) is 5.91 Å². The van der Waals surface area contributed by atoms with Crippen LogP contribution in [0.3, 0.4) is 0 Å². The molecule has 2 aliphatic carbocycles. The summed E-state index contributed by atoms with van der Waals surface area (Å²) in [6, 6.07) is 8.32. The Hall–Kier alpha value is -5.19. The van der Waals surface area contributed by atoms with Crippen molar-refractivity contribution < 1.29 is 44.7 Å². The molecule has 3 heterocycles. The quantitative estimate of drug-likeness (QED) is 0.147. The van der Waals surface area contributed by atoms with Gasteiger partial charge in [0.15, 0.2) is 0 Å². The molecule has 0 bridgehead atoms. The molecule has 0 unspecified atom stereocenters. The molecule has 4 aromatic rings. The molecular formula is C38H30F8N4O2. The van der Waals surface area contributed by atoms with Gasteiger partial charge in [0.05, 0.1) is 23.0 Å². The summed E-state index contributed by atoms with van der Waals surface area (Å²) in [7, 11) is 1.65. The van der Waals surface area contributed by atoms with Crippen LogP contribution >= 0.6 is 0 Å². The number of hydrogen-bond acceptors (Lipinski definition) is 3. The number of carbonyl (C=O) groups excluding carboxylic acids is 2. The van der Waals surface area contributed by atoms with Gasteiger partial charge in [-0.05, 0) is 60.2 Å². The van der Waals surface area contributed by atoms with Crippen molar-refractivity contribution in [3.63, 3.8) is 0 Å². The normalized spacial score (nSPS) is 17.7. The molecule has 2 aromatic carbocycles. The summed E-state index contributed by atoms with van der Waals surface area (Å²) in [5.74, 6) is -4.58. The molecule has 1 N–H and O–H groups in total. The third kappa shape index (κ3) is 6.88. The summed E-state index contributed by atoms with van der Waals surface area (Å²) >= 11 is 0. The molecule has 3 aliphatic rings. The van der Waals surface area contributed by atoms with E-state index < -0.39 is 78.1 Å². The summed E-state index contributed by atoms with van der Waals surface area (Å²) in [6.45, 7) is -0.674. The van der Waals surface area contributed by atoms with Gasteiger partial charge in [-0.3, -0.25) is 14.6 Å². The highest BCUT2D eigenvalue weighted by Crippen LogP contribution is 2.53. The van der Waals surface area contributed by atoms with E-state index in [1.54, 1.807) is 31.3 Å². The lowest BCUT2D eigenvalue weighted by molar-refractivity contribution is -0.123. The van der Waals surface area contributed by atoms with E-state index >= 15 is 8.78 Å². The number of hydrogen-bond donors (Lipinski definition) is 1. The number of benzene rings is 2. The Balaban J connectivity index is 1.31. The van der Waals surface area contributed by atoms with Gasteiger partial charge in [-0.2, -0.15) is 8.78 Å². The third-order valence-corrected chi connectivity index (χ3v) is 9.47. The van der Waals surface area contributed by atoms with Crippen molar-refractivity contribution in [1.29, 1.82) is 0 Å². The van der Waals surface area contributed by atoms with Crippen LogP contribution in [0.1, 0.15) is 87.7 Å². The second-order valence-electron chi connectivity index (χ2n) is 13.5. The van der Waals surface area contributed by atoms with E-state index in [1.165, 1.54) is 11.1 Å². The zero-order valence-corrected chi connectivity index (χ0v) is 27.6. The molecule has 7 rings (SSSR count). The maximum absolute atomic E-state index is 15.1. The summed E-state index contributed by atoms with van der Waals surface area (Å²) in [5.41, 5.74) is -1.37. The van der Waals surface area contributed by atoms with Crippen LogP contribution in [0.25, 0.3) is 11.1 Å². The second-order valence-corrected chi connectivity index (χ2v) is 13.5. The average molecular weight is 727 g/mol. The van der Waals surface area contributed by atoms with E-state index in [-0.39, 0.29) is 29.5 Å². The minimum atomic E-state index is -3.98. The van der Waals surface area contributed by atoms with Gasteiger partial charge in [0.25, 0.3) is 24.2 Å². The molecule has 1 aliphatic heterocycles. The van der Waals surface area contributed by atoms with Gasteiger partial charge < -0.3 is 14.8 Å². The zero-order valence-electron chi connectivity index (χ0n) is 27.6.